The molecule has 0 spiro atoms. The minimum absolute atomic E-state index is 0.151. The molecule has 0 amide bonds. The number of Topliss-reactive ketones (excluding diaryl/α,β-unsaturated/α-hetero) is 1. The van der Waals surface area contributed by atoms with E-state index in [4.69, 9.17) is 18.9 Å². The normalized spacial score (nSPS) is 31.8. The van der Waals surface area contributed by atoms with E-state index in [2.05, 4.69) is 0 Å². The first-order valence-corrected chi connectivity index (χ1v) is 8.15. The van der Waals surface area contributed by atoms with Crippen molar-refractivity contribution in [3.05, 3.63) is 0 Å². The highest BCUT2D eigenvalue weighted by Gasteiger charge is 2.58. The molecule has 1 N–H and O–H groups in total. The van der Waals surface area contributed by atoms with Gasteiger partial charge in [0, 0.05) is 6.42 Å². The van der Waals surface area contributed by atoms with Gasteiger partial charge in [0.05, 0.1) is 6.61 Å². The van der Waals surface area contributed by atoms with Gasteiger partial charge in [-0.1, -0.05) is 19.8 Å². The van der Waals surface area contributed by atoms with Crippen LogP contribution in [0.25, 0.3) is 0 Å². The number of unbranched alkanes of at least 4 members (excludes halogenated alkanes) is 2. The molecule has 0 aromatic carbocycles. The summed E-state index contributed by atoms with van der Waals surface area (Å²) in [6.45, 7) is 5.32. The van der Waals surface area contributed by atoms with Crippen LogP contribution in [0, 0.1) is 0 Å². The topological polar surface area (TPSA) is 91.3 Å². The van der Waals surface area contributed by atoms with Gasteiger partial charge < -0.3 is 24.1 Å². The van der Waals surface area contributed by atoms with Crippen molar-refractivity contribution in [3.63, 3.8) is 0 Å². The van der Waals surface area contributed by atoms with Crippen LogP contribution in [0.4, 0.5) is 0 Å². The molecule has 0 saturated carbocycles. The largest absolute Gasteiger partial charge is 0.459 e. The molecule has 2 unspecified atom stereocenters. The predicted molar refractivity (Wildman–Crippen MR) is 79.5 cm³/mol. The Morgan fingerprint density at radius 2 is 2.00 bits per heavy atom. The number of ketones is 1. The number of carbonyl (C=O) groups is 2. The lowest BCUT2D eigenvalue weighted by atomic mass is 10.1. The summed E-state index contributed by atoms with van der Waals surface area (Å²) in [4.78, 5) is 23.4. The number of hydrogen-bond acceptors (Lipinski definition) is 7. The Bertz CT molecular complexity index is 448. The van der Waals surface area contributed by atoms with Gasteiger partial charge in [-0.25, -0.2) is 0 Å². The van der Waals surface area contributed by atoms with Gasteiger partial charge in [-0.05, 0) is 20.3 Å². The van der Waals surface area contributed by atoms with Crippen LogP contribution in [0.2, 0.25) is 0 Å². The average Bonchev–Trinajstić information content (AvgIpc) is 2.92. The third kappa shape index (κ3) is 4.73. The lowest BCUT2D eigenvalue weighted by molar-refractivity contribution is -0.273. The maximum absolute atomic E-state index is 11.7. The van der Waals surface area contributed by atoms with Crippen LogP contribution in [-0.2, 0) is 28.5 Å². The zero-order chi connectivity index (χ0) is 17.1. The highest BCUT2D eigenvalue weighted by Crippen LogP contribution is 2.39. The third-order valence-corrected chi connectivity index (χ3v) is 3.97. The van der Waals surface area contributed by atoms with Crippen molar-refractivity contribution in [1.29, 1.82) is 0 Å². The second kappa shape index (κ2) is 7.25. The van der Waals surface area contributed by atoms with Gasteiger partial charge in [0.1, 0.15) is 31.0 Å². The Hall–Kier alpha value is -1.02. The molecular formula is C16H26O7. The number of rotatable bonds is 8. The van der Waals surface area contributed by atoms with Crippen LogP contribution < -0.4 is 0 Å². The fourth-order valence-electron chi connectivity index (χ4n) is 2.83. The first kappa shape index (κ1) is 18.3. The van der Waals surface area contributed by atoms with Crippen LogP contribution in [-0.4, -0.2) is 53.9 Å². The van der Waals surface area contributed by atoms with E-state index in [1.54, 1.807) is 13.8 Å². The zero-order valence-electron chi connectivity index (χ0n) is 14.0. The Kier molecular flexibility index (Phi) is 5.78. The molecule has 7 heteroatoms. The van der Waals surface area contributed by atoms with E-state index in [9.17, 15) is 14.7 Å². The quantitative estimate of drug-likeness (QED) is 0.407. The number of esters is 1. The molecule has 2 aliphatic rings. The smallest absolute Gasteiger partial charge is 0.313 e. The van der Waals surface area contributed by atoms with Crippen molar-refractivity contribution < 1.29 is 33.6 Å². The van der Waals surface area contributed by atoms with E-state index in [0.717, 1.165) is 19.3 Å². The second-order valence-electron chi connectivity index (χ2n) is 6.58. The van der Waals surface area contributed by atoms with Crippen molar-refractivity contribution in [2.24, 2.45) is 0 Å². The molecule has 2 heterocycles. The molecule has 0 radical (unpaired) electrons. The van der Waals surface area contributed by atoms with E-state index in [1.165, 1.54) is 0 Å². The van der Waals surface area contributed by atoms with Gasteiger partial charge in [0.2, 0.25) is 5.79 Å². The van der Waals surface area contributed by atoms with Crippen molar-refractivity contribution in [2.45, 2.75) is 76.7 Å². The standard InChI is InChI=1S/C16H26O7/c1-4-5-6-7-11(17)8-13(18)20-10-16(19)14-12(9-21-16)22-15(2,3)23-14/h12,14,19H,4-10H2,1-3H3/t12-,14?,16?/m0/s1. The number of fused-ring (bicyclic) bond motifs is 1. The summed E-state index contributed by atoms with van der Waals surface area (Å²) in [6.07, 6.45) is 1.73. The van der Waals surface area contributed by atoms with Crippen molar-refractivity contribution in [1.82, 2.24) is 0 Å². The molecule has 23 heavy (non-hydrogen) atoms. The summed E-state index contributed by atoms with van der Waals surface area (Å²) in [5.41, 5.74) is 0. The molecular weight excluding hydrogens is 304 g/mol. The summed E-state index contributed by atoms with van der Waals surface area (Å²) in [5, 5.41) is 10.5. The lowest BCUT2D eigenvalue weighted by Gasteiger charge is -2.28. The molecule has 7 nitrogen and oxygen atoms in total. The third-order valence-electron chi connectivity index (χ3n) is 3.97. The summed E-state index contributed by atoms with van der Waals surface area (Å²) in [5.74, 6) is -3.36. The van der Waals surface area contributed by atoms with Crippen LogP contribution in [0.3, 0.4) is 0 Å². The number of hydrogen-bond donors (Lipinski definition) is 1. The minimum Gasteiger partial charge on any atom is -0.459 e. The minimum atomic E-state index is -1.74. The van der Waals surface area contributed by atoms with E-state index < -0.39 is 29.8 Å². The maximum Gasteiger partial charge on any atom is 0.313 e. The Morgan fingerprint density at radius 1 is 1.26 bits per heavy atom. The second-order valence-corrected chi connectivity index (χ2v) is 6.58. The van der Waals surface area contributed by atoms with E-state index in [-0.39, 0.29) is 25.4 Å². The summed E-state index contributed by atoms with van der Waals surface area (Å²) in [7, 11) is 0. The Labute approximate surface area is 136 Å². The van der Waals surface area contributed by atoms with E-state index >= 15 is 0 Å². The van der Waals surface area contributed by atoms with Crippen molar-refractivity contribution in [3.8, 4) is 0 Å². The van der Waals surface area contributed by atoms with Gasteiger partial charge in [-0.15, -0.1) is 0 Å². The number of aliphatic hydroxyl groups is 1. The predicted octanol–water partition coefficient (Wildman–Crippen LogP) is 1.31. The molecule has 2 aliphatic heterocycles. The zero-order valence-corrected chi connectivity index (χ0v) is 14.0. The first-order valence-electron chi connectivity index (χ1n) is 8.15. The van der Waals surface area contributed by atoms with Gasteiger partial charge in [0.15, 0.2) is 5.79 Å². The molecule has 3 atom stereocenters. The molecule has 0 aliphatic carbocycles. The molecule has 2 fully saturated rings. The SMILES string of the molecule is CCCCCC(=O)CC(=O)OCC1(O)OC[C@@H]2OC(C)(C)OC21. The summed E-state index contributed by atoms with van der Waals surface area (Å²) < 4.78 is 21.5. The average molecular weight is 330 g/mol. The molecule has 0 aromatic heterocycles. The van der Waals surface area contributed by atoms with E-state index in [0.29, 0.717) is 6.42 Å². The van der Waals surface area contributed by atoms with Gasteiger partial charge in [0.25, 0.3) is 0 Å². The number of ether oxygens (including phenoxy) is 4. The highest BCUT2D eigenvalue weighted by molar-refractivity contribution is 5.95. The Morgan fingerprint density at radius 3 is 2.70 bits per heavy atom. The van der Waals surface area contributed by atoms with Crippen LogP contribution in [0.5, 0.6) is 0 Å². The molecule has 2 saturated heterocycles. The van der Waals surface area contributed by atoms with Gasteiger partial charge in [-0.3, -0.25) is 9.59 Å². The monoisotopic (exact) mass is 330 g/mol. The van der Waals surface area contributed by atoms with E-state index in [1.807, 2.05) is 6.92 Å². The molecule has 0 aromatic rings. The van der Waals surface area contributed by atoms with Crippen LogP contribution in [0.15, 0.2) is 0 Å². The molecule has 0 bridgehead atoms. The van der Waals surface area contributed by atoms with Crippen molar-refractivity contribution in [2.75, 3.05) is 13.2 Å². The first-order chi connectivity index (χ1) is 10.8. The fourth-order valence-corrected chi connectivity index (χ4v) is 2.83. The Balaban J connectivity index is 1.77. The summed E-state index contributed by atoms with van der Waals surface area (Å²) >= 11 is 0. The fraction of sp³-hybridized carbons (Fsp3) is 0.875. The van der Waals surface area contributed by atoms with Crippen molar-refractivity contribution >= 4 is 11.8 Å². The van der Waals surface area contributed by atoms with Crippen LogP contribution >= 0.6 is 0 Å². The number of carbonyl (C=O) groups excluding carboxylic acids is 2. The molecule has 2 rings (SSSR count). The molecule has 132 valence electrons. The summed E-state index contributed by atoms with van der Waals surface area (Å²) in [6, 6.07) is 0. The van der Waals surface area contributed by atoms with Gasteiger partial charge in [-0.2, -0.15) is 0 Å². The van der Waals surface area contributed by atoms with Crippen LogP contribution in [0.1, 0.15) is 52.9 Å². The maximum atomic E-state index is 11.7. The van der Waals surface area contributed by atoms with Gasteiger partial charge >= 0.3 is 5.97 Å². The highest BCUT2D eigenvalue weighted by atomic mass is 16.8. The lowest BCUT2D eigenvalue weighted by Crippen LogP contribution is -2.47.